The van der Waals surface area contributed by atoms with Gasteiger partial charge in [-0.1, -0.05) is 0 Å². The molecule has 0 aromatic heterocycles. The minimum Gasteiger partial charge on any atom is -0.376 e. The van der Waals surface area contributed by atoms with Crippen LogP contribution in [0.1, 0.15) is 6.92 Å². The van der Waals surface area contributed by atoms with Gasteiger partial charge in [0.15, 0.2) is 0 Å². The van der Waals surface area contributed by atoms with E-state index < -0.39 is 0 Å². The van der Waals surface area contributed by atoms with Crippen molar-refractivity contribution < 1.29 is 8.95 Å². The van der Waals surface area contributed by atoms with Gasteiger partial charge in [-0.2, -0.15) is 0 Å². The second kappa shape index (κ2) is 5.98. The Hall–Kier alpha value is -0.0200. The van der Waals surface area contributed by atoms with E-state index in [1.54, 1.807) is 0 Å². The van der Waals surface area contributed by atoms with Crippen LogP contribution in [0.2, 0.25) is 0 Å². The lowest BCUT2D eigenvalue weighted by Crippen LogP contribution is -1.96. The van der Waals surface area contributed by atoms with Gasteiger partial charge in [0, 0.05) is 10.8 Å². The quantitative estimate of drug-likeness (QED) is 0.399. The normalized spacial score (nSPS) is 8.71. The maximum Gasteiger partial charge on any atom is 0.461 e. The van der Waals surface area contributed by atoms with Gasteiger partial charge >= 0.3 is 11.7 Å². The molecule has 0 atom stereocenters. The van der Waals surface area contributed by atoms with Crippen LogP contribution in [-0.2, 0) is 20.6 Å². The lowest BCUT2D eigenvalue weighted by molar-refractivity contribution is 0.164. The number of hydrogen-bond donors (Lipinski definition) is 0. The van der Waals surface area contributed by atoms with E-state index in [9.17, 15) is 4.21 Å². The molecule has 0 fully saturated rings. The highest BCUT2D eigenvalue weighted by Crippen LogP contribution is 1.69. The van der Waals surface area contributed by atoms with Crippen molar-refractivity contribution in [3.63, 3.8) is 0 Å². The molecule has 42 valence electrons. The molecule has 0 unspecified atom stereocenters. The monoisotopic (exact) mass is 121 g/mol. The van der Waals surface area contributed by atoms with Gasteiger partial charge in [0.2, 0.25) is 0 Å². The fourth-order valence-corrected chi connectivity index (χ4v) is 0.423. The lowest BCUT2D eigenvalue weighted by Gasteiger charge is -1.86. The first-order chi connectivity index (χ1) is 3.41. The van der Waals surface area contributed by atoms with Crippen molar-refractivity contribution >= 4 is 11.7 Å². The molecule has 0 rings (SSSR count). The minimum atomic E-state index is 0.563. The molecule has 0 N–H and O–H groups in total. The van der Waals surface area contributed by atoms with Crippen LogP contribution in [0.5, 0.6) is 0 Å². The summed E-state index contributed by atoms with van der Waals surface area (Å²) in [5.74, 6) is 0.563. The van der Waals surface area contributed by atoms with Crippen LogP contribution in [0, 0.1) is 0 Å². The van der Waals surface area contributed by atoms with Gasteiger partial charge in [0.05, 0.1) is 0 Å². The van der Waals surface area contributed by atoms with Crippen LogP contribution in [0.4, 0.5) is 0 Å². The number of hydrogen-bond acceptors (Lipinski definition) is 2. The summed E-state index contributed by atoms with van der Waals surface area (Å²) in [6.45, 7) is 3.21. The van der Waals surface area contributed by atoms with Crippen molar-refractivity contribution in [2.45, 2.75) is 6.92 Å². The molecule has 0 aliphatic carbocycles. The standard InChI is InChI=1S/C4H9O2S/c1-2-6-3-4-7-5/h2-4H2,1H3/q+1. The van der Waals surface area contributed by atoms with Gasteiger partial charge in [-0.25, -0.2) is 0 Å². The van der Waals surface area contributed by atoms with E-state index in [1.165, 1.54) is 0 Å². The Morgan fingerprint density at radius 3 is 2.86 bits per heavy atom. The summed E-state index contributed by atoms with van der Waals surface area (Å²) in [6, 6.07) is 0. The van der Waals surface area contributed by atoms with Crippen molar-refractivity contribution in [1.29, 1.82) is 0 Å². The zero-order valence-electron chi connectivity index (χ0n) is 4.35. The second-order valence-corrected chi connectivity index (χ2v) is 1.66. The van der Waals surface area contributed by atoms with Crippen molar-refractivity contribution in [3.05, 3.63) is 0 Å². The maximum atomic E-state index is 9.64. The third-order valence-electron chi connectivity index (χ3n) is 0.515. The number of rotatable bonds is 4. The van der Waals surface area contributed by atoms with Gasteiger partial charge < -0.3 is 4.74 Å². The molecule has 2 nitrogen and oxygen atoms in total. The van der Waals surface area contributed by atoms with Gasteiger partial charge in [0.25, 0.3) is 5.75 Å². The average molecular weight is 121 g/mol. The lowest BCUT2D eigenvalue weighted by atomic mass is 10.8. The van der Waals surface area contributed by atoms with E-state index in [1.807, 2.05) is 6.92 Å². The predicted octanol–water partition coefficient (Wildman–Crippen LogP) is 0.451. The van der Waals surface area contributed by atoms with Crippen molar-refractivity contribution in [1.82, 2.24) is 0 Å². The van der Waals surface area contributed by atoms with Gasteiger partial charge in [-0.15, -0.1) is 0 Å². The third-order valence-corrected chi connectivity index (χ3v) is 0.848. The minimum absolute atomic E-state index is 0.563. The highest BCUT2D eigenvalue weighted by Gasteiger charge is 1.93. The smallest absolute Gasteiger partial charge is 0.376 e. The molecule has 0 aliphatic heterocycles. The largest absolute Gasteiger partial charge is 0.461 e. The summed E-state index contributed by atoms with van der Waals surface area (Å²) >= 11 is 0.567. The predicted molar refractivity (Wildman–Crippen MR) is 29.4 cm³/mol. The molecular weight excluding hydrogens is 112 g/mol. The zero-order chi connectivity index (χ0) is 5.54. The SMILES string of the molecule is CCOCC[S+]=O. The van der Waals surface area contributed by atoms with E-state index in [2.05, 4.69) is 0 Å². The Morgan fingerprint density at radius 2 is 2.43 bits per heavy atom. The Bertz CT molecular complexity index is 47.0. The van der Waals surface area contributed by atoms with Gasteiger partial charge in [-0.3, -0.25) is 0 Å². The molecule has 0 spiro atoms. The maximum absolute atomic E-state index is 9.64. The Morgan fingerprint density at radius 1 is 1.71 bits per heavy atom. The molecule has 0 heterocycles. The molecule has 0 radical (unpaired) electrons. The summed E-state index contributed by atoms with van der Waals surface area (Å²) in [6.07, 6.45) is 0. The van der Waals surface area contributed by atoms with Crippen molar-refractivity contribution in [3.8, 4) is 0 Å². The van der Waals surface area contributed by atoms with Crippen LogP contribution in [-0.4, -0.2) is 19.0 Å². The highest BCUT2D eigenvalue weighted by molar-refractivity contribution is 7.65. The molecule has 0 amide bonds. The molecule has 7 heavy (non-hydrogen) atoms. The Labute approximate surface area is 47.4 Å². The van der Waals surface area contributed by atoms with E-state index >= 15 is 0 Å². The van der Waals surface area contributed by atoms with Crippen LogP contribution < -0.4 is 0 Å². The molecule has 0 saturated heterocycles. The summed E-state index contributed by atoms with van der Waals surface area (Å²) in [4.78, 5) is 0. The fraction of sp³-hybridized carbons (Fsp3) is 1.00. The van der Waals surface area contributed by atoms with E-state index in [0.29, 0.717) is 30.6 Å². The summed E-state index contributed by atoms with van der Waals surface area (Å²) < 4.78 is 14.5. The third kappa shape index (κ3) is 5.98. The number of ether oxygens (including phenoxy) is 1. The first-order valence-electron chi connectivity index (χ1n) is 2.24. The van der Waals surface area contributed by atoms with E-state index in [-0.39, 0.29) is 0 Å². The summed E-state index contributed by atoms with van der Waals surface area (Å²) in [5.41, 5.74) is 0. The Kier molecular flexibility index (Phi) is 5.96. The fourth-order valence-electron chi connectivity index (χ4n) is 0.237. The van der Waals surface area contributed by atoms with E-state index in [0.717, 1.165) is 0 Å². The zero-order valence-corrected chi connectivity index (χ0v) is 5.16. The first kappa shape index (κ1) is 6.98. The van der Waals surface area contributed by atoms with Crippen LogP contribution in [0.25, 0.3) is 0 Å². The van der Waals surface area contributed by atoms with Crippen LogP contribution in [0.15, 0.2) is 0 Å². The second-order valence-electron chi connectivity index (χ2n) is 1.02. The van der Waals surface area contributed by atoms with E-state index in [4.69, 9.17) is 4.74 Å². The molecule has 3 heteroatoms. The molecule has 0 aliphatic rings. The summed E-state index contributed by atoms with van der Waals surface area (Å²) in [7, 11) is 0. The topological polar surface area (TPSA) is 26.3 Å². The first-order valence-corrected chi connectivity index (χ1v) is 3.15. The van der Waals surface area contributed by atoms with Crippen molar-refractivity contribution in [2.24, 2.45) is 0 Å². The van der Waals surface area contributed by atoms with Crippen LogP contribution in [0.3, 0.4) is 0 Å². The van der Waals surface area contributed by atoms with Gasteiger partial charge in [0.1, 0.15) is 6.61 Å². The average Bonchev–Trinajstić information content (AvgIpc) is 1.69. The molecular formula is C4H9O2S+. The molecule has 0 aromatic rings. The highest BCUT2D eigenvalue weighted by atomic mass is 32.1. The molecule has 0 aromatic carbocycles. The Balaban J connectivity index is 2.56. The van der Waals surface area contributed by atoms with Crippen LogP contribution >= 0.6 is 0 Å². The molecule has 0 bridgehead atoms. The summed E-state index contributed by atoms with van der Waals surface area (Å²) in [5, 5.41) is 0. The van der Waals surface area contributed by atoms with Crippen molar-refractivity contribution in [2.75, 3.05) is 19.0 Å². The molecule has 0 saturated carbocycles. The van der Waals surface area contributed by atoms with Gasteiger partial charge in [-0.05, 0) is 6.92 Å².